The monoisotopic (exact) mass is 372 g/mol. The lowest BCUT2D eigenvalue weighted by atomic mass is 10.1. The van der Waals surface area contributed by atoms with Crippen molar-refractivity contribution in [1.82, 2.24) is 14.7 Å². The van der Waals surface area contributed by atoms with Gasteiger partial charge in [-0.05, 0) is 37.1 Å². The van der Waals surface area contributed by atoms with Crippen LogP contribution in [0.1, 0.15) is 28.9 Å². The Balaban J connectivity index is 2.02. The van der Waals surface area contributed by atoms with Gasteiger partial charge < -0.3 is 10.6 Å². The van der Waals surface area contributed by atoms with Crippen LogP contribution in [0.2, 0.25) is 5.02 Å². The number of hydrogen-bond donors (Lipinski definition) is 1. The Labute approximate surface area is 147 Å². The van der Waals surface area contributed by atoms with Gasteiger partial charge in [-0.25, -0.2) is 4.68 Å². The molecule has 134 valence electrons. The fourth-order valence-corrected chi connectivity index (χ4v) is 3.05. The number of hydrogen-bond acceptors (Lipinski definition) is 3. The number of nitrogens with zero attached hydrogens (tertiary/aromatic N) is 3. The largest absolute Gasteiger partial charge is 0.434 e. The Morgan fingerprint density at radius 2 is 1.96 bits per heavy atom. The molecule has 1 aliphatic rings. The number of piperidine rings is 1. The van der Waals surface area contributed by atoms with E-state index in [0.29, 0.717) is 22.7 Å². The van der Waals surface area contributed by atoms with Crippen LogP contribution in [0, 0.1) is 0 Å². The van der Waals surface area contributed by atoms with Crippen molar-refractivity contribution >= 4 is 17.5 Å². The SMILES string of the molecule is NC1CCCN(C(=O)c2cnn(-c3ccc(Cl)cc3)c2C(F)(F)F)C1. The molecule has 0 radical (unpaired) electrons. The minimum atomic E-state index is -4.74. The molecular weight excluding hydrogens is 357 g/mol. The molecular formula is C16H16ClF3N4O. The lowest BCUT2D eigenvalue weighted by Crippen LogP contribution is -2.46. The molecule has 1 aromatic heterocycles. The number of halogens is 4. The summed E-state index contributed by atoms with van der Waals surface area (Å²) in [5.41, 5.74) is 4.42. The van der Waals surface area contributed by atoms with Crippen LogP contribution in [0.4, 0.5) is 13.2 Å². The summed E-state index contributed by atoms with van der Waals surface area (Å²) >= 11 is 5.78. The van der Waals surface area contributed by atoms with Gasteiger partial charge in [0.1, 0.15) is 0 Å². The van der Waals surface area contributed by atoms with E-state index < -0.39 is 23.3 Å². The number of carbonyl (C=O) groups excluding carboxylic acids is 1. The van der Waals surface area contributed by atoms with Gasteiger partial charge in [0, 0.05) is 24.2 Å². The maximum Gasteiger partial charge on any atom is 0.434 e. The van der Waals surface area contributed by atoms with Crippen molar-refractivity contribution in [2.24, 2.45) is 5.73 Å². The first-order chi connectivity index (χ1) is 11.8. The van der Waals surface area contributed by atoms with Crippen LogP contribution < -0.4 is 5.73 Å². The standard InChI is InChI=1S/C16H16ClF3N4O/c17-10-3-5-12(6-4-10)24-14(16(18,19)20)13(8-22-24)15(25)23-7-1-2-11(21)9-23/h3-6,8,11H,1-2,7,9,21H2. The quantitative estimate of drug-likeness (QED) is 0.881. The second-order valence-corrected chi connectivity index (χ2v) is 6.38. The second-order valence-electron chi connectivity index (χ2n) is 5.95. The first-order valence-electron chi connectivity index (χ1n) is 7.73. The Morgan fingerprint density at radius 1 is 1.28 bits per heavy atom. The average Bonchev–Trinajstić information content (AvgIpc) is 3.00. The molecule has 5 nitrogen and oxygen atoms in total. The smallest absolute Gasteiger partial charge is 0.337 e. The van der Waals surface area contributed by atoms with Gasteiger partial charge >= 0.3 is 6.18 Å². The summed E-state index contributed by atoms with van der Waals surface area (Å²) in [6.45, 7) is 0.623. The Morgan fingerprint density at radius 3 is 2.56 bits per heavy atom. The Kier molecular flexibility index (Phi) is 4.75. The zero-order chi connectivity index (χ0) is 18.2. The third-order valence-corrected chi connectivity index (χ3v) is 4.34. The summed E-state index contributed by atoms with van der Waals surface area (Å²) in [6, 6.07) is 5.53. The third-order valence-electron chi connectivity index (χ3n) is 4.08. The van der Waals surface area contributed by atoms with Gasteiger partial charge in [0.2, 0.25) is 0 Å². The van der Waals surface area contributed by atoms with Crippen molar-refractivity contribution in [3.8, 4) is 5.69 Å². The molecule has 0 saturated carbocycles. The van der Waals surface area contributed by atoms with Crippen LogP contribution in [0.5, 0.6) is 0 Å². The highest BCUT2D eigenvalue weighted by Crippen LogP contribution is 2.34. The number of benzene rings is 1. The lowest BCUT2D eigenvalue weighted by molar-refractivity contribution is -0.143. The predicted molar refractivity (Wildman–Crippen MR) is 86.7 cm³/mol. The molecule has 0 bridgehead atoms. The van der Waals surface area contributed by atoms with Gasteiger partial charge in [-0.1, -0.05) is 11.6 Å². The molecule has 1 fully saturated rings. The first kappa shape index (κ1) is 17.8. The van der Waals surface area contributed by atoms with E-state index in [1.807, 2.05) is 0 Å². The number of alkyl halides is 3. The van der Waals surface area contributed by atoms with Crippen LogP contribution in [0.15, 0.2) is 30.5 Å². The molecule has 1 aromatic carbocycles. The van der Waals surface area contributed by atoms with Crippen LogP contribution in [0.25, 0.3) is 5.69 Å². The summed E-state index contributed by atoms with van der Waals surface area (Å²) in [7, 11) is 0. The van der Waals surface area contributed by atoms with Gasteiger partial charge in [-0.3, -0.25) is 4.79 Å². The minimum absolute atomic E-state index is 0.172. The van der Waals surface area contributed by atoms with E-state index in [1.165, 1.54) is 29.2 Å². The molecule has 2 aromatic rings. The van der Waals surface area contributed by atoms with Gasteiger partial charge in [0.15, 0.2) is 5.69 Å². The van der Waals surface area contributed by atoms with E-state index in [1.54, 1.807) is 0 Å². The lowest BCUT2D eigenvalue weighted by Gasteiger charge is -2.30. The van der Waals surface area contributed by atoms with E-state index in [-0.39, 0.29) is 18.3 Å². The minimum Gasteiger partial charge on any atom is -0.337 e. The van der Waals surface area contributed by atoms with Crippen molar-refractivity contribution in [3.05, 3.63) is 46.7 Å². The van der Waals surface area contributed by atoms with E-state index in [0.717, 1.165) is 12.6 Å². The summed E-state index contributed by atoms with van der Waals surface area (Å²) in [4.78, 5) is 14.0. The van der Waals surface area contributed by atoms with E-state index in [9.17, 15) is 18.0 Å². The highest BCUT2D eigenvalue weighted by atomic mass is 35.5. The third kappa shape index (κ3) is 3.64. The Bertz CT molecular complexity index is 773. The maximum atomic E-state index is 13.6. The van der Waals surface area contributed by atoms with Crippen LogP contribution in [0.3, 0.4) is 0 Å². The van der Waals surface area contributed by atoms with Crippen LogP contribution in [-0.4, -0.2) is 39.7 Å². The van der Waals surface area contributed by atoms with E-state index in [4.69, 9.17) is 17.3 Å². The van der Waals surface area contributed by atoms with Crippen molar-refractivity contribution in [1.29, 1.82) is 0 Å². The highest BCUT2D eigenvalue weighted by molar-refractivity contribution is 6.30. The molecule has 1 saturated heterocycles. The summed E-state index contributed by atoms with van der Waals surface area (Å²) in [6.07, 6.45) is -2.36. The Hall–Kier alpha value is -2.06. The number of amides is 1. The molecule has 9 heteroatoms. The zero-order valence-electron chi connectivity index (χ0n) is 13.1. The summed E-state index contributed by atoms with van der Waals surface area (Å²) in [5, 5.41) is 4.18. The van der Waals surface area contributed by atoms with E-state index >= 15 is 0 Å². The molecule has 2 heterocycles. The summed E-state index contributed by atoms with van der Waals surface area (Å²) in [5.74, 6) is -0.706. The van der Waals surface area contributed by atoms with Crippen molar-refractivity contribution in [2.45, 2.75) is 25.1 Å². The number of nitrogens with two attached hydrogens (primary N) is 1. The molecule has 1 aliphatic heterocycles. The van der Waals surface area contributed by atoms with Crippen molar-refractivity contribution in [2.75, 3.05) is 13.1 Å². The molecule has 1 atom stereocenters. The molecule has 0 aliphatic carbocycles. The van der Waals surface area contributed by atoms with Crippen LogP contribution in [-0.2, 0) is 6.18 Å². The van der Waals surface area contributed by atoms with Gasteiger partial charge in [0.25, 0.3) is 5.91 Å². The summed E-state index contributed by atoms with van der Waals surface area (Å²) < 4.78 is 41.6. The van der Waals surface area contributed by atoms with Crippen LogP contribution >= 0.6 is 11.6 Å². The average molecular weight is 373 g/mol. The van der Waals surface area contributed by atoms with Gasteiger partial charge in [0.05, 0.1) is 17.4 Å². The molecule has 3 rings (SSSR count). The molecule has 1 unspecified atom stereocenters. The number of aromatic nitrogens is 2. The normalized spacial score (nSPS) is 18.4. The second kappa shape index (κ2) is 6.68. The number of rotatable bonds is 2. The molecule has 1 amide bonds. The number of likely N-dealkylation sites (tertiary alicyclic amines) is 1. The molecule has 0 spiro atoms. The fourth-order valence-electron chi connectivity index (χ4n) is 2.92. The highest BCUT2D eigenvalue weighted by Gasteiger charge is 2.41. The first-order valence-corrected chi connectivity index (χ1v) is 8.11. The zero-order valence-corrected chi connectivity index (χ0v) is 13.9. The molecule has 25 heavy (non-hydrogen) atoms. The van der Waals surface area contributed by atoms with Gasteiger partial charge in [-0.2, -0.15) is 18.3 Å². The van der Waals surface area contributed by atoms with Crippen molar-refractivity contribution in [3.63, 3.8) is 0 Å². The fraction of sp³-hybridized carbons (Fsp3) is 0.375. The predicted octanol–water partition coefficient (Wildman–Crippen LogP) is 3.11. The maximum absolute atomic E-state index is 13.6. The van der Waals surface area contributed by atoms with Crippen molar-refractivity contribution < 1.29 is 18.0 Å². The van der Waals surface area contributed by atoms with Gasteiger partial charge in [-0.15, -0.1) is 0 Å². The van der Waals surface area contributed by atoms with E-state index in [2.05, 4.69) is 5.10 Å². The molecule has 2 N–H and O–H groups in total. The topological polar surface area (TPSA) is 64.2 Å². The number of carbonyl (C=O) groups is 1.